The average molecular weight is 638 g/mol. The second kappa shape index (κ2) is 13.4. The molecule has 0 saturated carbocycles. The molecule has 5 atom stereocenters. The average Bonchev–Trinajstić information content (AvgIpc) is 3.54. The molecule has 0 amide bonds. The van der Waals surface area contributed by atoms with Crippen molar-refractivity contribution < 1.29 is 47.3 Å². The summed E-state index contributed by atoms with van der Waals surface area (Å²) in [5.74, 6) is -2.73. The summed E-state index contributed by atoms with van der Waals surface area (Å²) >= 11 is 5.57. The fraction of sp³-hybridized carbons (Fsp3) is 0.355. The zero-order valence-electron chi connectivity index (χ0n) is 24.9. The molecule has 1 saturated heterocycles. The second-order valence-corrected chi connectivity index (χ2v) is 10.7. The molecule has 2 aromatic carbocycles. The highest BCUT2D eigenvalue weighted by molar-refractivity contribution is 7.71. The quantitative estimate of drug-likeness (QED) is 0.147. The maximum atomic E-state index is 12.3. The van der Waals surface area contributed by atoms with Gasteiger partial charge in [-0.05, 0) is 29.9 Å². The molecule has 4 aromatic rings. The Kier molecular flexibility index (Phi) is 9.44. The molecule has 1 aliphatic rings. The van der Waals surface area contributed by atoms with Crippen molar-refractivity contribution in [2.24, 2.45) is 0 Å². The first-order valence-electron chi connectivity index (χ1n) is 14.0. The molecule has 0 bridgehead atoms. The molecule has 0 N–H and O–H groups in total. The van der Waals surface area contributed by atoms with E-state index in [0.717, 1.165) is 37.2 Å². The Hall–Kier alpha value is -4.82. The van der Waals surface area contributed by atoms with Crippen molar-refractivity contribution in [2.75, 3.05) is 6.61 Å². The Morgan fingerprint density at radius 2 is 1.44 bits per heavy atom. The zero-order chi connectivity index (χ0) is 32.2. The SMILES string of the molecule is CC(=O)OC[C@H]1O[C@@H](n2nc(-c3cc4ccccc4n3Cc3ccccc3)oc2=S)[C@H](OC(C)=O)[C@@H](OC(C)=O)[C@@H]1OC(C)=O. The summed E-state index contributed by atoms with van der Waals surface area (Å²) in [5, 5.41) is 5.58. The predicted octanol–water partition coefficient (Wildman–Crippen LogP) is 4.13. The molecule has 0 unspecified atom stereocenters. The standard InChI is InChI=1S/C31H31N3O10S/c1-17(35)39-16-25-26(40-18(2)36)27(41-19(3)37)28(42-20(4)38)30(43-25)34-31(45)44-29(32-34)24-14-22-12-8-9-13-23(22)33(24)15-21-10-6-5-7-11-21/h5-14,25-28,30H,15-16H2,1-4H3/t25-,26-,27+,28-,30-/m1/s1. The van der Waals surface area contributed by atoms with Crippen LogP contribution < -0.4 is 0 Å². The third-order valence-electron chi connectivity index (χ3n) is 6.99. The highest BCUT2D eigenvalue weighted by Crippen LogP contribution is 2.36. The van der Waals surface area contributed by atoms with Gasteiger partial charge in [-0.3, -0.25) is 19.2 Å². The van der Waals surface area contributed by atoms with Crippen LogP contribution in [0.15, 0.2) is 65.1 Å². The summed E-state index contributed by atoms with van der Waals surface area (Å²) in [6.45, 7) is 4.75. The fourth-order valence-electron chi connectivity index (χ4n) is 5.28. The minimum atomic E-state index is -1.40. The molecule has 3 heterocycles. The van der Waals surface area contributed by atoms with E-state index >= 15 is 0 Å². The minimum Gasteiger partial charge on any atom is -0.463 e. The smallest absolute Gasteiger partial charge is 0.303 e. The van der Waals surface area contributed by atoms with E-state index < -0.39 is 61.1 Å². The first kappa shape index (κ1) is 31.6. The Balaban J connectivity index is 1.61. The Morgan fingerprint density at radius 1 is 0.822 bits per heavy atom. The van der Waals surface area contributed by atoms with Crippen LogP contribution in [0.3, 0.4) is 0 Å². The fourth-order valence-corrected chi connectivity index (χ4v) is 5.50. The Labute approximate surface area is 262 Å². The number of esters is 4. The van der Waals surface area contributed by atoms with Gasteiger partial charge in [0, 0.05) is 45.1 Å². The van der Waals surface area contributed by atoms with Crippen LogP contribution in [0, 0.1) is 4.84 Å². The van der Waals surface area contributed by atoms with E-state index in [2.05, 4.69) is 5.10 Å². The first-order valence-corrected chi connectivity index (χ1v) is 14.5. The molecule has 2 aromatic heterocycles. The second-order valence-electron chi connectivity index (χ2n) is 10.4. The number of fused-ring (bicyclic) bond motifs is 1. The van der Waals surface area contributed by atoms with Gasteiger partial charge in [0.25, 0.3) is 10.7 Å². The Bertz CT molecular complexity index is 1780. The largest absolute Gasteiger partial charge is 0.463 e. The lowest BCUT2D eigenvalue weighted by Crippen LogP contribution is -2.60. The van der Waals surface area contributed by atoms with Crippen LogP contribution in [-0.4, -0.2) is 69.2 Å². The molecule has 0 aliphatic carbocycles. The van der Waals surface area contributed by atoms with E-state index in [1.807, 2.05) is 65.2 Å². The number of nitrogens with zero attached hydrogens (tertiary/aromatic N) is 3. The number of hydrogen-bond donors (Lipinski definition) is 0. The number of hydrogen-bond acceptors (Lipinski definition) is 12. The molecule has 5 rings (SSSR count). The summed E-state index contributed by atoms with van der Waals surface area (Å²) in [5.41, 5.74) is 2.58. The molecule has 0 spiro atoms. The molecule has 13 nitrogen and oxygen atoms in total. The van der Waals surface area contributed by atoms with E-state index in [9.17, 15) is 19.2 Å². The van der Waals surface area contributed by atoms with Crippen LogP contribution in [0.2, 0.25) is 0 Å². The summed E-state index contributed by atoms with van der Waals surface area (Å²) in [7, 11) is 0. The van der Waals surface area contributed by atoms with E-state index in [4.69, 9.17) is 40.3 Å². The minimum absolute atomic E-state index is 0.139. The maximum Gasteiger partial charge on any atom is 0.303 e. The van der Waals surface area contributed by atoms with Crippen LogP contribution in [0.4, 0.5) is 0 Å². The van der Waals surface area contributed by atoms with Crippen molar-refractivity contribution >= 4 is 47.0 Å². The van der Waals surface area contributed by atoms with Crippen LogP contribution in [-0.2, 0) is 49.4 Å². The van der Waals surface area contributed by atoms with Crippen LogP contribution in [0.5, 0.6) is 0 Å². The molecular weight excluding hydrogens is 606 g/mol. The Morgan fingerprint density at radius 3 is 2.11 bits per heavy atom. The van der Waals surface area contributed by atoms with Gasteiger partial charge in [-0.2, -0.15) is 4.68 Å². The number of carbonyl (C=O) groups is 4. The lowest BCUT2D eigenvalue weighted by molar-refractivity contribution is -0.270. The van der Waals surface area contributed by atoms with Gasteiger partial charge in [-0.25, -0.2) is 0 Å². The molecule has 45 heavy (non-hydrogen) atoms. The van der Waals surface area contributed by atoms with Gasteiger partial charge in [0.2, 0.25) is 0 Å². The van der Waals surface area contributed by atoms with Gasteiger partial charge in [-0.15, -0.1) is 5.10 Å². The number of ether oxygens (including phenoxy) is 5. The molecule has 1 aliphatic heterocycles. The van der Waals surface area contributed by atoms with E-state index in [-0.39, 0.29) is 10.7 Å². The van der Waals surface area contributed by atoms with E-state index in [0.29, 0.717) is 12.2 Å². The van der Waals surface area contributed by atoms with Crippen molar-refractivity contribution in [2.45, 2.75) is 64.9 Å². The summed E-state index contributed by atoms with van der Waals surface area (Å²) in [6.07, 6.45) is -6.63. The third-order valence-corrected chi connectivity index (χ3v) is 7.26. The van der Waals surface area contributed by atoms with Crippen molar-refractivity contribution in [1.29, 1.82) is 0 Å². The van der Waals surface area contributed by atoms with Gasteiger partial charge in [0.15, 0.2) is 24.5 Å². The van der Waals surface area contributed by atoms with E-state index in [1.54, 1.807) is 0 Å². The molecule has 236 valence electrons. The van der Waals surface area contributed by atoms with Crippen LogP contribution >= 0.6 is 12.2 Å². The van der Waals surface area contributed by atoms with Gasteiger partial charge < -0.3 is 32.7 Å². The van der Waals surface area contributed by atoms with Gasteiger partial charge >= 0.3 is 23.9 Å². The predicted molar refractivity (Wildman–Crippen MR) is 159 cm³/mol. The highest BCUT2D eigenvalue weighted by atomic mass is 32.1. The number of benzene rings is 2. The molecule has 0 radical (unpaired) electrons. The number of carbonyl (C=O) groups excluding carboxylic acids is 4. The van der Waals surface area contributed by atoms with Crippen molar-refractivity contribution in [1.82, 2.24) is 14.3 Å². The summed E-state index contributed by atoms with van der Waals surface area (Å²) in [4.78, 5) is 48.1. The zero-order valence-corrected chi connectivity index (χ0v) is 25.7. The summed E-state index contributed by atoms with van der Waals surface area (Å²) in [6, 6.07) is 19.6. The first-order chi connectivity index (χ1) is 21.5. The van der Waals surface area contributed by atoms with Crippen LogP contribution in [0.1, 0.15) is 39.5 Å². The highest BCUT2D eigenvalue weighted by Gasteiger charge is 2.53. The van der Waals surface area contributed by atoms with Crippen molar-refractivity contribution in [3.63, 3.8) is 0 Å². The van der Waals surface area contributed by atoms with Crippen LogP contribution in [0.25, 0.3) is 22.5 Å². The topological polar surface area (TPSA) is 150 Å². The van der Waals surface area contributed by atoms with E-state index in [1.165, 1.54) is 11.6 Å². The normalized spacial score (nSPS) is 21.2. The third kappa shape index (κ3) is 7.13. The number of rotatable bonds is 9. The number of para-hydroxylation sites is 1. The monoisotopic (exact) mass is 637 g/mol. The lowest BCUT2D eigenvalue weighted by Gasteiger charge is -2.43. The van der Waals surface area contributed by atoms with Gasteiger partial charge in [0.05, 0.1) is 0 Å². The number of aromatic nitrogens is 3. The summed E-state index contributed by atoms with van der Waals surface area (Å²) < 4.78 is 37.2. The molecular formula is C31H31N3O10S. The molecule has 1 fully saturated rings. The van der Waals surface area contributed by atoms with Crippen molar-refractivity contribution in [3.8, 4) is 11.6 Å². The van der Waals surface area contributed by atoms with Crippen molar-refractivity contribution in [3.05, 3.63) is 71.1 Å². The van der Waals surface area contributed by atoms with Gasteiger partial charge in [0.1, 0.15) is 18.4 Å². The molecule has 14 heteroatoms. The van der Waals surface area contributed by atoms with Gasteiger partial charge in [-0.1, -0.05) is 48.5 Å². The lowest BCUT2D eigenvalue weighted by atomic mass is 9.97. The maximum absolute atomic E-state index is 12.3.